The number of aliphatic carboxylic acids is 1. The first-order chi connectivity index (χ1) is 13.6. The summed E-state index contributed by atoms with van der Waals surface area (Å²) in [5, 5.41) is 12.7. The van der Waals surface area contributed by atoms with Crippen molar-refractivity contribution in [1.82, 2.24) is 9.67 Å². The van der Waals surface area contributed by atoms with Crippen LogP contribution in [0.1, 0.15) is 6.42 Å². The smallest absolute Gasteiger partial charge is 0.481 e. The quantitative estimate of drug-likeness (QED) is 0.447. The average molecular weight is 412 g/mol. The van der Waals surface area contributed by atoms with Crippen molar-refractivity contribution in [3.8, 4) is 23.5 Å². The molecule has 2 aromatic heterocycles. The number of methoxy groups -OCH3 is 1. The first-order valence-electron chi connectivity index (χ1n) is 7.96. The molecule has 0 spiro atoms. The molecule has 0 unspecified atom stereocenters. The Kier molecular flexibility index (Phi) is 8.54. The van der Waals surface area contributed by atoms with Crippen LogP contribution in [-0.4, -0.2) is 40.0 Å². The molecule has 0 radical (unpaired) electrons. The van der Waals surface area contributed by atoms with Crippen molar-refractivity contribution in [2.75, 3.05) is 7.11 Å². The van der Waals surface area contributed by atoms with Crippen LogP contribution in [0, 0.1) is 12.3 Å². The third-order valence-corrected chi connectivity index (χ3v) is 3.34. The molecule has 0 bridgehead atoms. The van der Waals surface area contributed by atoms with E-state index in [1.807, 2.05) is 0 Å². The summed E-state index contributed by atoms with van der Waals surface area (Å²) in [6.07, 6.45) is 5.19. The number of aryl methyl sites for hydroxylation is 1. The Morgan fingerprint density at radius 3 is 2.52 bits per heavy atom. The van der Waals surface area contributed by atoms with Gasteiger partial charge in [0.15, 0.2) is 12.7 Å². The van der Waals surface area contributed by atoms with Gasteiger partial charge < -0.3 is 14.4 Å². The number of alkyl halides is 3. The number of carbonyl (C=O) groups is 2. The van der Waals surface area contributed by atoms with Gasteiger partial charge in [-0.25, -0.2) is 4.79 Å². The molecule has 0 aliphatic heterocycles. The topological polar surface area (TPSA) is 102 Å². The highest BCUT2D eigenvalue weighted by Crippen LogP contribution is 2.15. The molecule has 8 nitrogen and oxygen atoms in total. The fraction of sp³-hybridized carbons (Fsp3) is 0.278. The van der Waals surface area contributed by atoms with E-state index in [4.69, 9.17) is 11.5 Å². The van der Waals surface area contributed by atoms with Crippen LogP contribution in [0.4, 0.5) is 13.2 Å². The fourth-order valence-electron chi connectivity index (χ4n) is 1.98. The van der Waals surface area contributed by atoms with Crippen molar-refractivity contribution in [1.29, 1.82) is 0 Å². The zero-order valence-electron chi connectivity index (χ0n) is 15.2. The molecule has 0 aliphatic carbocycles. The summed E-state index contributed by atoms with van der Waals surface area (Å²) in [5.74, 6) is -0.622. The minimum atomic E-state index is -4.85. The standard InChI is InChI=1S/C15H13N3O3.C3H3F3O2/c1-2-7-17-8-3-4-13(15(17)21)12-5-9-18(16-11-12)10-6-14(19)20;1-8-2(7)3(4,5)6/h1,3-5,8-9,11H,6-7,10H2;1H3/p+1. The summed E-state index contributed by atoms with van der Waals surface area (Å²) in [6.45, 7) is 0.497. The fourth-order valence-corrected chi connectivity index (χ4v) is 1.98. The third-order valence-electron chi connectivity index (χ3n) is 3.34. The van der Waals surface area contributed by atoms with Gasteiger partial charge in [0.2, 0.25) is 0 Å². The predicted molar refractivity (Wildman–Crippen MR) is 93.3 cm³/mol. The van der Waals surface area contributed by atoms with Crippen molar-refractivity contribution < 1.29 is 37.3 Å². The van der Waals surface area contributed by atoms with E-state index in [-0.39, 0.29) is 25.1 Å². The summed E-state index contributed by atoms with van der Waals surface area (Å²) in [6, 6.07) is 5.18. The minimum Gasteiger partial charge on any atom is -0.481 e. The SMILES string of the molecule is C#CCn1cccc(-c2cc[n+](CCC(=O)O)nc2)c1=O.COC(=O)C(F)(F)F. The first-order valence-corrected chi connectivity index (χ1v) is 7.96. The van der Waals surface area contributed by atoms with Gasteiger partial charge >= 0.3 is 18.1 Å². The lowest BCUT2D eigenvalue weighted by atomic mass is 10.1. The second kappa shape index (κ2) is 10.6. The highest BCUT2D eigenvalue weighted by molar-refractivity contribution is 5.75. The molecule has 0 aliphatic rings. The number of ether oxygens (including phenoxy) is 1. The van der Waals surface area contributed by atoms with Gasteiger partial charge in [0.25, 0.3) is 5.56 Å². The Bertz CT molecular complexity index is 947. The summed E-state index contributed by atoms with van der Waals surface area (Å²) >= 11 is 0. The number of nitrogens with zero attached hydrogens (tertiary/aromatic N) is 3. The number of hydrogen-bond donors (Lipinski definition) is 1. The van der Waals surface area contributed by atoms with Crippen molar-refractivity contribution in [3.63, 3.8) is 0 Å². The number of aromatic nitrogens is 3. The number of rotatable bonds is 5. The first kappa shape index (κ1) is 23.4. The van der Waals surface area contributed by atoms with E-state index in [1.165, 1.54) is 9.25 Å². The molecule has 2 aromatic rings. The molecule has 2 rings (SSSR count). The van der Waals surface area contributed by atoms with Gasteiger partial charge in [-0.15, -0.1) is 6.42 Å². The normalized spacial score (nSPS) is 10.3. The van der Waals surface area contributed by atoms with Crippen LogP contribution in [0.5, 0.6) is 0 Å². The lowest BCUT2D eigenvalue weighted by molar-refractivity contribution is -0.752. The molecule has 0 fully saturated rings. The Morgan fingerprint density at radius 2 is 2.07 bits per heavy atom. The molecule has 11 heteroatoms. The maximum atomic E-state index is 12.2. The number of carboxylic acids is 1. The maximum Gasteiger partial charge on any atom is 0.490 e. The van der Waals surface area contributed by atoms with E-state index in [0.29, 0.717) is 18.2 Å². The molecule has 154 valence electrons. The molecular weight excluding hydrogens is 395 g/mol. The Morgan fingerprint density at radius 1 is 1.38 bits per heavy atom. The van der Waals surface area contributed by atoms with Crippen LogP contribution < -0.4 is 10.2 Å². The van der Waals surface area contributed by atoms with Gasteiger partial charge in [-0.3, -0.25) is 9.59 Å². The van der Waals surface area contributed by atoms with Crippen molar-refractivity contribution >= 4 is 11.9 Å². The maximum absolute atomic E-state index is 12.2. The molecular formula is C18H17F3N3O5+. The number of terminal acetylenes is 1. The lowest BCUT2D eigenvalue weighted by Gasteiger charge is -2.04. The van der Waals surface area contributed by atoms with Crippen molar-refractivity contribution in [2.24, 2.45) is 0 Å². The summed E-state index contributed by atoms with van der Waals surface area (Å²) < 4.78 is 39.2. The van der Waals surface area contributed by atoms with Crippen LogP contribution in [0.3, 0.4) is 0 Å². The van der Waals surface area contributed by atoms with Gasteiger partial charge in [0, 0.05) is 23.4 Å². The van der Waals surface area contributed by atoms with Crippen LogP contribution in [0.2, 0.25) is 0 Å². The Hall–Kier alpha value is -3.68. The van der Waals surface area contributed by atoms with E-state index >= 15 is 0 Å². The number of hydrogen-bond acceptors (Lipinski definition) is 5. The van der Waals surface area contributed by atoms with E-state index < -0.39 is 18.1 Å². The van der Waals surface area contributed by atoms with Gasteiger partial charge in [-0.05, 0) is 17.2 Å². The zero-order valence-corrected chi connectivity index (χ0v) is 15.2. The highest BCUT2D eigenvalue weighted by Gasteiger charge is 2.40. The monoisotopic (exact) mass is 412 g/mol. The number of esters is 1. The van der Waals surface area contributed by atoms with Crippen molar-refractivity contribution in [2.45, 2.75) is 25.7 Å². The van der Waals surface area contributed by atoms with Gasteiger partial charge in [-0.1, -0.05) is 10.6 Å². The van der Waals surface area contributed by atoms with E-state index in [1.54, 1.807) is 36.8 Å². The number of carboxylic acid groups (broad SMARTS) is 1. The molecule has 0 atom stereocenters. The van der Waals surface area contributed by atoms with Crippen LogP contribution >= 0.6 is 0 Å². The zero-order chi connectivity index (χ0) is 22.0. The van der Waals surface area contributed by atoms with Crippen molar-refractivity contribution in [3.05, 3.63) is 47.1 Å². The average Bonchev–Trinajstić information content (AvgIpc) is 2.68. The van der Waals surface area contributed by atoms with Crippen LogP contribution in [0.15, 0.2) is 41.6 Å². The number of carbonyl (C=O) groups excluding carboxylic acids is 1. The lowest BCUT2D eigenvalue weighted by Crippen LogP contribution is -2.38. The molecule has 2 heterocycles. The number of pyridine rings is 1. The highest BCUT2D eigenvalue weighted by atomic mass is 19.4. The summed E-state index contributed by atoms with van der Waals surface area (Å²) in [4.78, 5) is 32.2. The molecule has 29 heavy (non-hydrogen) atoms. The van der Waals surface area contributed by atoms with Gasteiger partial charge in [0.05, 0.1) is 13.7 Å². The molecule has 1 N–H and O–H groups in total. The van der Waals surface area contributed by atoms with Crippen LogP contribution in [-0.2, 0) is 27.4 Å². The molecule has 0 saturated heterocycles. The van der Waals surface area contributed by atoms with Gasteiger partial charge in [0.1, 0.15) is 12.6 Å². The molecule has 0 saturated carbocycles. The minimum absolute atomic E-state index is 0.00265. The predicted octanol–water partition coefficient (Wildman–Crippen LogP) is 1.03. The largest absolute Gasteiger partial charge is 0.490 e. The molecule has 0 aromatic carbocycles. The van der Waals surface area contributed by atoms with Crippen LogP contribution in [0.25, 0.3) is 11.1 Å². The summed E-state index contributed by atoms with van der Waals surface area (Å²) in [7, 11) is 0.676. The second-order valence-corrected chi connectivity index (χ2v) is 5.37. The second-order valence-electron chi connectivity index (χ2n) is 5.37. The van der Waals surface area contributed by atoms with Gasteiger partial charge in [-0.2, -0.15) is 13.2 Å². The summed E-state index contributed by atoms with van der Waals surface area (Å²) in [5.41, 5.74) is 0.990. The van der Waals surface area contributed by atoms with E-state index in [0.717, 1.165) is 0 Å². The van der Waals surface area contributed by atoms with E-state index in [9.17, 15) is 27.6 Å². The Labute approximate surface area is 163 Å². The van der Waals surface area contributed by atoms with E-state index in [2.05, 4.69) is 15.8 Å². The number of halogens is 3. The Balaban J connectivity index is 0.000000447. The third kappa shape index (κ3) is 7.45. The molecule has 0 amide bonds.